The monoisotopic (exact) mass is 159 g/mol. The van der Waals surface area contributed by atoms with Crippen molar-refractivity contribution in [3.05, 3.63) is 0 Å². The molecule has 3 nitrogen and oxygen atoms in total. The van der Waals surface area contributed by atoms with E-state index < -0.39 is 0 Å². The van der Waals surface area contributed by atoms with E-state index in [9.17, 15) is 0 Å². The molecule has 2 atom stereocenters. The molecule has 0 unspecified atom stereocenters. The fraction of sp³-hybridized carbons (Fsp3) is 1.00. The summed E-state index contributed by atoms with van der Waals surface area (Å²) in [6.07, 6.45) is 0.528. The van der Waals surface area contributed by atoms with Crippen LogP contribution >= 0.6 is 0 Å². The van der Waals surface area contributed by atoms with Crippen LogP contribution in [0.1, 0.15) is 13.8 Å². The number of hydrogen-bond acceptors (Lipinski definition) is 3. The molecule has 0 amide bonds. The van der Waals surface area contributed by atoms with E-state index >= 15 is 0 Å². The Labute approximate surface area is 68.1 Å². The Balaban J connectivity index is 2.25. The van der Waals surface area contributed by atoms with Gasteiger partial charge in [-0.05, 0) is 13.8 Å². The zero-order chi connectivity index (χ0) is 8.10. The largest absolute Gasteiger partial charge is 0.374 e. The SMILES string of the molecule is CCO[C@H]1CNC[C@H]1OCC. The predicted molar refractivity (Wildman–Crippen MR) is 43.7 cm³/mol. The Morgan fingerprint density at radius 2 is 1.55 bits per heavy atom. The van der Waals surface area contributed by atoms with Crippen molar-refractivity contribution in [1.82, 2.24) is 5.32 Å². The molecule has 1 aliphatic heterocycles. The van der Waals surface area contributed by atoms with Crippen molar-refractivity contribution in [2.75, 3.05) is 26.3 Å². The Hall–Kier alpha value is -0.120. The summed E-state index contributed by atoms with van der Waals surface area (Å²) in [7, 11) is 0. The van der Waals surface area contributed by atoms with Crippen LogP contribution in [-0.4, -0.2) is 38.5 Å². The fourth-order valence-corrected chi connectivity index (χ4v) is 1.39. The molecule has 0 aromatic heterocycles. The van der Waals surface area contributed by atoms with Gasteiger partial charge in [-0.25, -0.2) is 0 Å². The molecule has 0 spiro atoms. The maximum absolute atomic E-state index is 5.48. The van der Waals surface area contributed by atoms with E-state index in [1.54, 1.807) is 0 Å². The van der Waals surface area contributed by atoms with Gasteiger partial charge >= 0.3 is 0 Å². The first-order valence-electron chi connectivity index (χ1n) is 4.32. The molecule has 0 bridgehead atoms. The minimum Gasteiger partial charge on any atom is -0.374 e. The van der Waals surface area contributed by atoms with E-state index in [-0.39, 0.29) is 12.2 Å². The van der Waals surface area contributed by atoms with Crippen LogP contribution in [0, 0.1) is 0 Å². The van der Waals surface area contributed by atoms with Gasteiger partial charge < -0.3 is 14.8 Å². The molecule has 1 heterocycles. The molecule has 1 aliphatic rings. The first-order valence-corrected chi connectivity index (χ1v) is 4.32. The smallest absolute Gasteiger partial charge is 0.0972 e. The number of hydrogen-bond donors (Lipinski definition) is 1. The van der Waals surface area contributed by atoms with Crippen LogP contribution in [-0.2, 0) is 9.47 Å². The molecule has 1 N–H and O–H groups in total. The molecule has 0 aromatic rings. The summed E-state index contributed by atoms with van der Waals surface area (Å²) in [5.41, 5.74) is 0. The Bertz CT molecular complexity index is 96.3. The molecule has 3 heteroatoms. The molecule has 66 valence electrons. The highest BCUT2D eigenvalue weighted by Crippen LogP contribution is 2.08. The standard InChI is InChI=1S/C8H17NO2/c1-3-10-7-5-9-6-8(7)11-4-2/h7-9H,3-6H2,1-2H3/t7-,8+. The highest BCUT2D eigenvalue weighted by Gasteiger charge is 2.27. The van der Waals surface area contributed by atoms with E-state index in [1.807, 2.05) is 13.8 Å². The Kier molecular flexibility index (Phi) is 3.83. The molecular formula is C8H17NO2. The van der Waals surface area contributed by atoms with Gasteiger partial charge in [0.2, 0.25) is 0 Å². The van der Waals surface area contributed by atoms with Crippen LogP contribution < -0.4 is 5.32 Å². The van der Waals surface area contributed by atoms with Crippen molar-refractivity contribution >= 4 is 0 Å². The molecule has 1 rings (SSSR count). The van der Waals surface area contributed by atoms with Crippen molar-refractivity contribution < 1.29 is 9.47 Å². The van der Waals surface area contributed by atoms with Gasteiger partial charge in [-0.3, -0.25) is 0 Å². The second kappa shape index (κ2) is 4.70. The van der Waals surface area contributed by atoms with E-state index in [1.165, 1.54) is 0 Å². The quantitative estimate of drug-likeness (QED) is 0.644. The van der Waals surface area contributed by atoms with E-state index in [4.69, 9.17) is 9.47 Å². The van der Waals surface area contributed by atoms with Crippen molar-refractivity contribution in [2.45, 2.75) is 26.1 Å². The number of rotatable bonds is 4. The van der Waals surface area contributed by atoms with Crippen LogP contribution in [0.2, 0.25) is 0 Å². The van der Waals surface area contributed by atoms with Crippen LogP contribution in [0.4, 0.5) is 0 Å². The molecule has 1 fully saturated rings. The van der Waals surface area contributed by atoms with Crippen LogP contribution in [0.15, 0.2) is 0 Å². The van der Waals surface area contributed by atoms with Gasteiger partial charge in [0.15, 0.2) is 0 Å². The highest BCUT2D eigenvalue weighted by molar-refractivity contribution is 4.82. The van der Waals surface area contributed by atoms with Crippen LogP contribution in [0.25, 0.3) is 0 Å². The predicted octanol–water partition coefficient (Wildman–Crippen LogP) is 0.400. The zero-order valence-corrected chi connectivity index (χ0v) is 7.30. The van der Waals surface area contributed by atoms with Gasteiger partial charge in [0.1, 0.15) is 0 Å². The van der Waals surface area contributed by atoms with E-state index in [0.29, 0.717) is 0 Å². The maximum Gasteiger partial charge on any atom is 0.0972 e. The molecule has 0 radical (unpaired) electrons. The second-order valence-electron chi connectivity index (χ2n) is 2.65. The van der Waals surface area contributed by atoms with Gasteiger partial charge in [-0.2, -0.15) is 0 Å². The van der Waals surface area contributed by atoms with Crippen molar-refractivity contribution in [3.8, 4) is 0 Å². The maximum atomic E-state index is 5.48. The normalized spacial score (nSPS) is 31.1. The van der Waals surface area contributed by atoms with E-state index in [0.717, 1.165) is 26.3 Å². The average Bonchev–Trinajstić information content (AvgIpc) is 2.39. The van der Waals surface area contributed by atoms with Gasteiger partial charge in [0, 0.05) is 26.3 Å². The minimum atomic E-state index is 0.264. The van der Waals surface area contributed by atoms with Crippen LogP contribution in [0.3, 0.4) is 0 Å². The lowest BCUT2D eigenvalue weighted by molar-refractivity contribution is -0.0388. The first kappa shape index (κ1) is 8.97. The lowest BCUT2D eigenvalue weighted by Crippen LogP contribution is -2.29. The van der Waals surface area contributed by atoms with E-state index in [2.05, 4.69) is 5.32 Å². The lowest BCUT2D eigenvalue weighted by Gasteiger charge is -2.17. The van der Waals surface area contributed by atoms with Crippen molar-refractivity contribution in [1.29, 1.82) is 0 Å². The topological polar surface area (TPSA) is 30.5 Å². The van der Waals surface area contributed by atoms with Gasteiger partial charge in [-0.1, -0.05) is 0 Å². The average molecular weight is 159 g/mol. The summed E-state index contributed by atoms with van der Waals surface area (Å²) in [6.45, 7) is 7.44. The number of ether oxygens (including phenoxy) is 2. The summed E-state index contributed by atoms with van der Waals surface area (Å²) in [5, 5.41) is 3.24. The zero-order valence-electron chi connectivity index (χ0n) is 7.30. The molecule has 0 aromatic carbocycles. The highest BCUT2D eigenvalue weighted by atomic mass is 16.5. The fourth-order valence-electron chi connectivity index (χ4n) is 1.39. The summed E-state index contributed by atoms with van der Waals surface area (Å²) in [4.78, 5) is 0. The molecule has 11 heavy (non-hydrogen) atoms. The summed E-state index contributed by atoms with van der Waals surface area (Å²) >= 11 is 0. The number of nitrogens with one attached hydrogen (secondary N) is 1. The lowest BCUT2D eigenvalue weighted by atomic mass is 10.2. The molecule has 0 saturated carbocycles. The van der Waals surface area contributed by atoms with Crippen molar-refractivity contribution in [3.63, 3.8) is 0 Å². The third-order valence-electron chi connectivity index (χ3n) is 1.87. The summed E-state index contributed by atoms with van der Waals surface area (Å²) in [6, 6.07) is 0. The molecular weight excluding hydrogens is 142 g/mol. The third kappa shape index (κ3) is 2.43. The van der Waals surface area contributed by atoms with Gasteiger partial charge in [0.25, 0.3) is 0 Å². The molecule has 1 saturated heterocycles. The molecule has 0 aliphatic carbocycles. The van der Waals surface area contributed by atoms with Gasteiger partial charge in [-0.15, -0.1) is 0 Å². The second-order valence-corrected chi connectivity index (χ2v) is 2.65. The van der Waals surface area contributed by atoms with Crippen molar-refractivity contribution in [2.24, 2.45) is 0 Å². The Morgan fingerprint density at radius 1 is 1.09 bits per heavy atom. The Morgan fingerprint density at radius 3 is 1.91 bits per heavy atom. The minimum absolute atomic E-state index is 0.264. The summed E-state index contributed by atoms with van der Waals surface area (Å²) in [5.74, 6) is 0. The van der Waals surface area contributed by atoms with Gasteiger partial charge in [0.05, 0.1) is 12.2 Å². The first-order chi connectivity index (χ1) is 5.38. The summed E-state index contributed by atoms with van der Waals surface area (Å²) < 4.78 is 11.0. The van der Waals surface area contributed by atoms with Crippen LogP contribution in [0.5, 0.6) is 0 Å². The third-order valence-corrected chi connectivity index (χ3v) is 1.87.